The predicted molar refractivity (Wildman–Crippen MR) is 134 cm³/mol. The minimum absolute atomic E-state index is 0.243. The Morgan fingerprint density at radius 3 is 1.31 bits per heavy atom. The lowest BCUT2D eigenvalue weighted by atomic mass is 10.0. The summed E-state index contributed by atoms with van der Waals surface area (Å²) >= 11 is 0. The van der Waals surface area contributed by atoms with Gasteiger partial charge in [0.15, 0.2) is 0 Å². The van der Waals surface area contributed by atoms with Gasteiger partial charge in [-0.2, -0.15) is 0 Å². The third-order valence-corrected chi connectivity index (χ3v) is 6.04. The van der Waals surface area contributed by atoms with Gasteiger partial charge in [0, 0.05) is 30.7 Å². The van der Waals surface area contributed by atoms with E-state index in [0.29, 0.717) is 56.3 Å². The summed E-state index contributed by atoms with van der Waals surface area (Å²) in [7, 11) is 0. The molecule has 0 bridgehead atoms. The molecule has 10 heteroatoms. The maximum absolute atomic E-state index is 12.7. The first kappa shape index (κ1) is 27.7. The number of carbonyl (C=O) groups is 4. The molecular formula is C25H38N6O4. The lowest BCUT2D eigenvalue weighted by molar-refractivity contribution is -0.122. The molecule has 10 nitrogen and oxygen atoms in total. The molecule has 2 aromatic rings. The van der Waals surface area contributed by atoms with Gasteiger partial charge in [-0.15, -0.1) is 0 Å². The quantitative estimate of drug-likeness (QED) is 0.286. The number of amides is 4. The number of aromatic nitrogens is 2. The van der Waals surface area contributed by atoms with Crippen LogP contribution in [0.25, 0.3) is 0 Å². The molecule has 0 saturated heterocycles. The third kappa shape index (κ3) is 6.74. The van der Waals surface area contributed by atoms with Crippen LogP contribution in [-0.2, 0) is 28.9 Å². The molecular weight excluding hydrogens is 448 g/mol. The topological polar surface area (TPSA) is 148 Å². The van der Waals surface area contributed by atoms with Gasteiger partial charge in [-0.1, -0.05) is 27.7 Å². The molecule has 0 saturated carbocycles. The summed E-state index contributed by atoms with van der Waals surface area (Å²) in [6.45, 7) is 11.6. The van der Waals surface area contributed by atoms with Crippen molar-refractivity contribution in [2.75, 3.05) is 0 Å². The highest BCUT2D eigenvalue weighted by Gasteiger charge is 2.23. The van der Waals surface area contributed by atoms with Crippen LogP contribution in [0.3, 0.4) is 0 Å². The van der Waals surface area contributed by atoms with Crippen molar-refractivity contribution in [2.45, 2.75) is 86.5 Å². The van der Waals surface area contributed by atoms with Gasteiger partial charge in [0.1, 0.15) is 11.4 Å². The van der Waals surface area contributed by atoms with Crippen LogP contribution in [0.4, 0.5) is 0 Å². The van der Waals surface area contributed by atoms with E-state index in [1.807, 2.05) is 41.5 Å². The Labute approximate surface area is 206 Å². The molecule has 2 heterocycles. The zero-order valence-corrected chi connectivity index (χ0v) is 21.6. The van der Waals surface area contributed by atoms with E-state index in [1.165, 1.54) is 0 Å². The van der Waals surface area contributed by atoms with Crippen molar-refractivity contribution < 1.29 is 19.2 Å². The van der Waals surface area contributed by atoms with Crippen LogP contribution in [0.15, 0.2) is 0 Å². The van der Waals surface area contributed by atoms with Gasteiger partial charge in [0.25, 0.3) is 11.8 Å². The smallest absolute Gasteiger partial charge is 0.286 e. The number of rotatable bonds is 10. The van der Waals surface area contributed by atoms with Crippen LogP contribution in [0.2, 0.25) is 0 Å². The second kappa shape index (κ2) is 12.8. The van der Waals surface area contributed by atoms with Crippen molar-refractivity contribution in [3.05, 3.63) is 45.0 Å². The van der Waals surface area contributed by atoms with Gasteiger partial charge in [-0.05, 0) is 61.8 Å². The molecule has 4 amide bonds. The largest absolute Gasteiger partial charge is 0.354 e. The Bertz CT molecular complexity index is 998. The maximum atomic E-state index is 12.7. The molecule has 0 spiro atoms. The minimum atomic E-state index is -0.408. The van der Waals surface area contributed by atoms with Gasteiger partial charge < -0.3 is 9.97 Å². The number of aromatic amines is 2. The monoisotopic (exact) mass is 486 g/mol. The SMILES string of the molecule is CCCC(=O)NNC(=O)c1[nH]c(Cc2[nH]c(C(=O)NNC(=O)CCC)c(C)c2CC)c(CC)c1C. The molecule has 0 unspecified atom stereocenters. The summed E-state index contributed by atoms with van der Waals surface area (Å²) in [6, 6.07) is 0. The molecule has 6 N–H and O–H groups in total. The zero-order valence-electron chi connectivity index (χ0n) is 21.6. The lowest BCUT2D eigenvalue weighted by Gasteiger charge is -2.06. The average molecular weight is 487 g/mol. The zero-order chi connectivity index (χ0) is 26.1. The van der Waals surface area contributed by atoms with Crippen LogP contribution in [0.5, 0.6) is 0 Å². The Morgan fingerprint density at radius 1 is 0.629 bits per heavy atom. The summed E-state index contributed by atoms with van der Waals surface area (Å²) in [5.41, 5.74) is 16.0. The first-order valence-electron chi connectivity index (χ1n) is 12.3. The van der Waals surface area contributed by atoms with Crippen LogP contribution < -0.4 is 21.7 Å². The highest BCUT2D eigenvalue weighted by molar-refractivity contribution is 5.96. The standard InChI is InChI=1S/C25H38N6O4/c1-7-11-20(32)28-30-24(34)22-14(5)16(9-3)18(26-22)13-19-17(10-4)15(6)23(27-19)25(35)31-29-21(33)12-8-2/h26-27H,7-13H2,1-6H3,(H,28,32)(H,29,33)(H,30,34)(H,31,35). The number of hydrogen-bond donors (Lipinski definition) is 6. The molecule has 2 aromatic heterocycles. The Kier molecular flexibility index (Phi) is 10.1. The summed E-state index contributed by atoms with van der Waals surface area (Å²) in [5, 5.41) is 0. The van der Waals surface area contributed by atoms with Gasteiger partial charge in [-0.25, -0.2) is 0 Å². The van der Waals surface area contributed by atoms with E-state index in [-0.39, 0.29) is 11.8 Å². The Morgan fingerprint density at radius 2 is 1.00 bits per heavy atom. The average Bonchev–Trinajstić information content (AvgIpc) is 3.31. The number of hydrazine groups is 2. The van der Waals surface area contributed by atoms with Crippen LogP contribution in [0, 0.1) is 13.8 Å². The van der Waals surface area contributed by atoms with E-state index >= 15 is 0 Å². The van der Waals surface area contributed by atoms with Crippen molar-refractivity contribution >= 4 is 23.6 Å². The van der Waals surface area contributed by atoms with Gasteiger partial charge in [0.05, 0.1) is 0 Å². The summed E-state index contributed by atoms with van der Waals surface area (Å²) in [5.74, 6) is -1.30. The number of carbonyl (C=O) groups excluding carboxylic acids is 4. The van der Waals surface area contributed by atoms with E-state index in [0.717, 1.165) is 33.6 Å². The Hall–Kier alpha value is -3.56. The van der Waals surface area contributed by atoms with Gasteiger partial charge in [-0.3, -0.25) is 40.9 Å². The fourth-order valence-corrected chi connectivity index (χ4v) is 4.24. The van der Waals surface area contributed by atoms with Crippen LogP contribution >= 0.6 is 0 Å². The van der Waals surface area contributed by atoms with Crippen molar-refractivity contribution in [3.8, 4) is 0 Å². The van der Waals surface area contributed by atoms with Crippen molar-refractivity contribution in [3.63, 3.8) is 0 Å². The van der Waals surface area contributed by atoms with Crippen molar-refractivity contribution in [2.24, 2.45) is 0 Å². The molecule has 192 valence electrons. The van der Waals surface area contributed by atoms with Crippen molar-refractivity contribution in [1.82, 2.24) is 31.7 Å². The summed E-state index contributed by atoms with van der Waals surface area (Å²) in [4.78, 5) is 55.3. The number of nitrogens with one attached hydrogen (secondary N) is 6. The van der Waals surface area contributed by atoms with E-state index < -0.39 is 11.8 Å². The first-order valence-corrected chi connectivity index (χ1v) is 12.3. The number of H-pyrrole nitrogens is 2. The third-order valence-electron chi connectivity index (χ3n) is 6.04. The van der Waals surface area contributed by atoms with E-state index in [9.17, 15) is 19.2 Å². The fourth-order valence-electron chi connectivity index (χ4n) is 4.24. The molecule has 35 heavy (non-hydrogen) atoms. The van der Waals surface area contributed by atoms with Gasteiger partial charge >= 0.3 is 0 Å². The molecule has 0 fully saturated rings. The first-order chi connectivity index (χ1) is 16.7. The molecule has 0 aliphatic heterocycles. The van der Waals surface area contributed by atoms with Crippen molar-refractivity contribution in [1.29, 1.82) is 0 Å². The highest BCUT2D eigenvalue weighted by atomic mass is 16.2. The molecule has 0 aliphatic rings. The van der Waals surface area contributed by atoms with Crippen LogP contribution in [0.1, 0.15) is 108 Å². The molecule has 0 aromatic carbocycles. The summed E-state index contributed by atoms with van der Waals surface area (Å²) < 4.78 is 0. The lowest BCUT2D eigenvalue weighted by Crippen LogP contribution is -2.41. The molecule has 2 rings (SSSR count). The highest BCUT2D eigenvalue weighted by Crippen LogP contribution is 2.26. The normalized spacial score (nSPS) is 10.7. The predicted octanol–water partition coefficient (Wildman–Crippen LogP) is 2.80. The van der Waals surface area contributed by atoms with E-state index in [1.54, 1.807) is 0 Å². The molecule has 0 aliphatic carbocycles. The summed E-state index contributed by atoms with van der Waals surface area (Å²) in [6.07, 6.45) is 3.94. The number of hydrogen-bond acceptors (Lipinski definition) is 4. The molecule has 0 atom stereocenters. The van der Waals surface area contributed by atoms with E-state index in [2.05, 4.69) is 31.7 Å². The van der Waals surface area contributed by atoms with E-state index in [4.69, 9.17) is 0 Å². The minimum Gasteiger partial charge on any atom is -0.354 e. The maximum Gasteiger partial charge on any atom is 0.286 e. The Balaban J connectivity index is 2.27. The second-order valence-corrected chi connectivity index (χ2v) is 8.55. The fraction of sp³-hybridized carbons (Fsp3) is 0.520. The van der Waals surface area contributed by atoms with Gasteiger partial charge in [0.2, 0.25) is 11.8 Å². The second-order valence-electron chi connectivity index (χ2n) is 8.55. The van der Waals surface area contributed by atoms with Crippen LogP contribution in [-0.4, -0.2) is 33.6 Å². The molecule has 0 radical (unpaired) electrons.